The Hall–Kier alpha value is -2.38. The number of methoxy groups -OCH3 is 1. The molecular formula is C18H18NO5S-. The molecule has 3 rings (SSSR count). The Bertz CT molecular complexity index is 869. The minimum absolute atomic E-state index is 0.0269. The van der Waals surface area contributed by atoms with Gasteiger partial charge in [-0.1, -0.05) is 36.4 Å². The van der Waals surface area contributed by atoms with E-state index in [4.69, 9.17) is 4.74 Å². The molecule has 1 aromatic rings. The van der Waals surface area contributed by atoms with Crippen LogP contribution in [0.25, 0.3) is 6.08 Å². The predicted octanol–water partition coefficient (Wildman–Crippen LogP) is 0.964. The Morgan fingerprint density at radius 2 is 2.08 bits per heavy atom. The van der Waals surface area contributed by atoms with Crippen LogP contribution < -0.4 is 9.84 Å². The zero-order valence-electron chi connectivity index (χ0n) is 13.7. The SMILES string of the molecule is COc1ccc(/C=C/C(=O)[O-])cc1S(=O)(=O)N1CC[C@@H]2C=CC=C[C@@H]21. The van der Waals surface area contributed by atoms with Crippen molar-refractivity contribution in [2.45, 2.75) is 17.4 Å². The lowest BCUT2D eigenvalue weighted by Crippen LogP contribution is -2.37. The number of benzene rings is 1. The molecule has 0 spiro atoms. The van der Waals surface area contributed by atoms with Crippen LogP contribution in [0.2, 0.25) is 0 Å². The summed E-state index contributed by atoms with van der Waals surface area (Å²) in [5, 5.41) is 10.6. The van der Waals surface area contributed by atoms with E-state index in [1.165, 1.54) is 29.6 Å². The van der Waals surface area contributed by atoms with Gasteiger partial charge in [0, 0.05) is 12.6 Å². The van der Waals surface area contributed by atoms with Crippen LogP contribution in [0.3, 0.4) is 0 Å². The van der Waals surface area contributed by atoms with Crippen molar-refractivity contribution in [2.24, 2.45) is 5.92 Å². The van der Waals surface area contributed by atoms with E-state index in [2.05, 4.69) is 0 Å². The molecule has 0 radical (unpaired) electrons. The van der Waals surface area contributed by atoms with Crippen molar-refractivity contribution in [3.63, 3.8) is 0 Å². The molecule has 0 N–H and O–H groups in total. The summed E-state index contributed by atoms with van der Waals surface area (Å²) in [6.07, 6.45) is 10.6. The summed E-state index contributed by atoms with van der Waals surface area (Å²) in [5.41, 5.74) is 0.443. The van der Waals surface area contributed by atoms with Gasteiger partial charge in [-0.25, -0.2) is 8.42 Å². The van der Waals surface area contributed by atoms with Crippen LogP contribution in [0, 0.1) is 5.92 Å². The van der Waals surface area contributed by atoms with E-state index in [0.717, 1.165) is 12.5 Å². The number of aliphatic carboxylic acids is 1. The Labute approximate surface area is 146 Å². The molecule has 0 saturated carbocycles. The van der Waals surface area contributed by atoms with Gasteiger partial charge in [-0.3, -0.25) is 0 Å². The third-order valence-corrected chi connectivity index (χ3v) is 6.34. The number of sulfonamides is 1. The van der Waals surface area contributed by atoms with Gasteiger partial charge in [-0.2, -0.15) is 4.31 Å². The van der Waals surface area contributed by atoms with E-state index in [-0.39, 0.29) is 22.6 Å². The molecule has 7 heteroatoms. The largest absolute Gasteiger partial charge is 0.545 e. The summed E-state index contributed by atoms with van der Waals surface area (Å²) < 4.78 is 33.1. The van der Waals surface area contributed by atoms with Gasteiger partial charge in [0.2, 0.25) is 10.0 Å². The predicted molar refractivity (Wildman–Crippen MR) is 91.1 cm³/mol. The van der Waals surface area contributed by atoms with Gasteiger partial charge in [0.05, 0.1) is 13.1 Å². The standard InChI is InChI=1S/C18H19NO5S/c1-24-16-8-6-13(7-9-18(20)21)12-17(16)25(22,23)19-11-10-14-4-2-3-5-15(14)19/h2-9,12,14-15H,10-11H2,1H3,(H,20,21)/p-1/b9-7+/t14-,15-/m0/s1. The maximum Gasteiger partial charge on any atom is 0.247 e. The molecule has 0 bridgehead atoms. The van der Waals surface area contributed by atoms with Crippen molar-refractivity contribution in [1.82, 2.24) is 4.31 Å². The lowest BCUT2D eigenvalue weighted by molar-refractivity contribution is -0.297. The van der Waals surface area contributed by atoms with Crippen molar-refractivity contribution in [3.8, 4) is 5.75 Å². The molecule has 2 aliphatic rings. The summed E-state index contributed by atoms with van der Waals surface area (Å²) in [6, 6.07) is 4.32. The first kappa shape index (κ1) is 17.4. The summed E-state index contributed by atoms with van der Waals surface area (Å²) in [4.78, 5) is 10.6. The number of fused-ring (bicyclic) bond motifs is 1. The molecule has 1 saturated heterocycles. The van der Waals surface area contributed by atoms with E-state index < -0.39 is 16.0 Å². The molecule has 132 valence electrons. The molecule has 0 amide bonds. The molecule has 1 aliphatic carbocycles. The van der Waals surface area contributed by atoms with E-state index in [9.17, 15) is 18.3 Å². The normalized spacial score (nSPS) is 23.1. The van der Waals surface area contributed by atoms with Crippen LogP contribution in [-0.2, 0) is 14.8 Å². The minimum Gasteiger partial charge on any atom is -0.545 e. The summed E-state index contributed by atoms with van der Waals surface area (Å²) in [6.45, 7) is 0.425. The molecule has 25 heavy (non-hydrogen) atoms. The first-order valence-electron chi connectivity index (χ1n) is 7.87. The number of carboxylic acid groups (broad SMARTS) is 1. The highest BCUT2D eigenvalue weighted by Gasteiger charge is 2.40. The lowest BCUT2D eigenvalue weighted by atomic mass is 9.97. The number of carbonyl (C=O) groups excluding carboxylic acids is 1. The quantitative estimate of drug-likeness (QED) is 0.730. The number of carbonyl (C=O) groups is 1. The highest BCUT2D eigenvalue weighted by molar-refractivity contribution is 7.89. The maximum atomic E-state index is 13.2. The number of hydrogen-bond acceptors (Lipinski definition) is 5. The van der Waals surface area contributed by atoms with Crippen molar-refractivity contribution < 1.29 is 23.1 Å². The van der Waals surface area contributed by atoms with Gasteiger partial charge in [-0.15, -0.1) is 0 Å². The summed E-state index contributed by atoms with van der Waals surface area (Å²) in [5.74, 6) is -0.946. The molecule has 1 aromatic carbocycles. The molecule has 1 fully saturated rings. The monoisotopic (exact) mass is 360 g/mol. The van der Waals surface area contributed by atoms with E-state index in [0.29, 0.717) is 12.1 Å². The van der Waals surface area contributed by atoms with Crippen LogP contribution >= 0.6 is 0 Å². The van der Waals surface area contributed by atoms with Crippen molar-refractivity contribution in [1.29, 1.82) is 0 Å². The van der Waals surface area contributed by atoms with Crippen LogP contribution in [0.15, 0.2) is 53.5 Å². The summed E-state index contributed by atoms with van der Waals surface area (Å²) >= 11 is 0. The zero-order chi connectivity index (χ0) is 18.0. The number of nitrogens with zero attached hydrogens (tertiary/aromatic N) is 1. The third-order valence-electron chi connectivity index (χ3n) is 4.42. The average Bonchev–Trinajstić information content (AvgIpc) is 3.04. The van der Waals surface area contributed by atoms with Gasteiger partial charge in [0.1, 0.15) is 10.6 Å². The van der Waals surface area contributed by atoms with Crippen LogP contribution in [0.5, 0.6) is 5.75 Å². The van der Waals surface area contributed by atoms with E-state index in [1.54, 1.807) is 6.07 Å². The van der Waals surface area contributed by atoms with Crippen LogP contribution in [0.4, 0.5) is 0 Å². The second kappa shape index (κ2) is 6.85. The maximum absolute atomic E-state index is 13.2. The second-order valence-electron chi connectivity index (χ2n) is 5.89. The number of allylic oxidation sites excluding steroid dienone is 2. The van der Waals surface area contributed by atoms with Crippen molar-refractivity contribution in [3.05, 3.63) is 54.1 Å². The Morgan fingerprint density at radius 1 is 1.32 bits per heavy atom. The van der Waals surface area contributed by atoms with Gasteiger partial charge in [0.25, 0.3) is 0 Å². The van der Waals surface area contributed by atoms with Crippen molar-refractivity contribution in [2.75, 3.05) is 13.7 Å². The second-order valence-corrected chi connectivity index (χ2v) is 7.75. The fraction of sp³-hybridized carbons (Fsp3) is 0.278. The average molecular weight is 360 g/mol. The van der Waals surface area contributed by atoms with Gasteiger partial charge < -0.3 is 14.6 Å². The molecule has 0 unspecified atom stereocenters. The van der Waals surface area contributed by atoms with Gasteiger partial charge in [-0.05, 0) is 36.1 Å². The van der Waals surface area contributed by atoms with Crippen LogP contribution in [-0.4, -0.2) is 38.4 Å². The Balaban J connectivity index is 2.01. The Kier molecular flexibility index (Phi) is 4.78. The molecule has 1 aliphatic heterocycles. The third kappa shape index (κ3) is 3.38. The number of rotatable bonds is 5. The fourth-order valence-corrected chi connectivity index (χ4v) is 5.05. The van der Waals surface area contributed by atoms with Gasteiger partial charge >= 0.3 is 0 Å². The van der Waals surface area contributed by atoms with Crippen molar-refractivity contribution >= 4 is 22.1 Å². The molecule has 0 aromatic heterocycles. The zero-order valence-corrected chi connectivity index (χ0v) is 14.5. The van der Waals surface area contributed by atoms with Crippen LogP contribution in [0.1, 0.15) is 12.0 Å². The summed E-state index contributed by atoms with van der Waals surface area (Å²) in [7, 11) is -2.38. The molecular weight excluding hydrogens is 342 g/mol. The first-order chi connectivity index (χ1) is 11.9. The van der Waals surface area contributed by atoms with E-state index in [1.807, 2.05) is 24.3 Å². The number of carboxylic acids is 1. The highest BCUT2D eigenvalue weighted by Crippen LogP contribution is 2.36. The Morgan fingerprint density at radius 3 is 2.80 bits per heavy atom. The number of ether oxygens (including phenoxy) is 1. The first-order valence-corrected chi connectivity index (χ1v) is 9.31. The topological polar surface area (TPSA) is 86.7 Å². The minimum atomic E-state index is -3.79. The number of hydrogen-bond donors (Lipinski definition) is 0. The van der Waals surface area contributed by atoms with E-state index >= 15 is 0 Å². The highest BCUT2D eigenvalue weighted by atomic mass is 32.2. The smallest absolute Gasteiger partial charge is 0.247 e. The molecule has 1 heterocycles. The van der Waals surface area contributed by atoms with Gasteiger partial charge in [0.15, 0.2) is 0 Å². The molecule has 6 nitrogen and oxygen atoms in total. The fourth-order valence-electron chi connectivity index (χ4n) is 3.21. The lowest BCUT2D eigenvalue weighted by Gasteiger charge is -2.26. The molecule has 2 atom stereocenters.